The Morgan fingerprint density at radius 2 is 1.77 bits per heavy atom. The molecule has 2 aromatic rings. The number of carbonyl (C=O) groups is 1. The molecule has 0 spiro atoms. The van der Waals surface area contributed by atoms with Crippen LogP contribution in [0.3, 0.4) is 0 Å². The fourth-order valence-corrected chi connectivity index (χ4v) is 3.42. The van der Waals surface area contributed by atoms with E-state index in [9.17, 15) is 4.79 Å². The lowest BCUT2D eigenvalue weighted by molar-refractivity contribution is -0.116. The molecule has 4 nitrogen and oxygen atoms in total. The van der Waals surface area contributed by atoms with Crippen LogP contribution in [0, 0.1) is 0 Å². The van der Waals surface area contributed by atoms with Crippen LogP contribution >= 0.6 is 23.2 Å². The Bertz CT molecular complexity index is 773. The first-order valence-corrected chi connectivity index (χ1v) is 9.55. The van der Waals surface area contributed by atoms with Crippen LogP contribution in [-0.4, -0.2) is 44.0 Å². The van der Waals surface area contributed by atoms with E-state index < -0.39 is 0 Å². The standard InChI is InChI=1S/C20H23Cl2N3O/c1-24-10-12-25(13-11-24)19-5-3-2-4-15(19)6-9-20(26)23-16-7-8-17(21)18(22)14-16/h2-5,7-8,14H,6,9-13H2,1H3,(H,23,26). The summed E-state index contributed by atoms with van der Waals surface area (Å²) in [6, 6.07) is 13.5. The predicted molar refractivity (Wildman–Crippen MR) is 110 cm³/mol. The zero-order valence-corrected chi connectivity index (χ0v) is 16.4. The number of aryl methyl sites for hydroxylation is 1. The average molecular weight is 392 g/mol. The summed E-state index contributed by atoms with van der Waals surface area (Å²) in [5.41, 5.74) is 3.11. The third-order valence-electron chi connectivity index (χ3n) is 4.66. The third-order valence-corrected chi connectivity index (χ3v) is 5.40. The number of hydrogen-bond acceptors (Lipinski definition) is 3. The molecule has 2 aromatic carbocycles. The Labute approximate surface area is 164 Å². The summed E-state index contributed by atoms with van der Waals surface area (Å²) in [5.74, 6) is -0.0310. The number of carbonyl (C=O) groups excluding carboxylic acids is 1. The zero-order chi connectivity index (χ0) is 18.5. The molecule has 0 atom stereocenters. The van der Waals surface area contributed by atoms with E-state index in [4.69, 9.17) is 23.2 Å². The Morgan fingerprint density at radius 3 is 2.50 bits per heavy atom. The molecule has 0 radical (unpaired) electrons. The van der Waals surface area contributed by atoms with Crippen LogP contribution in [0.5, 0.6) is 0 Å². The Morgan fingerprint density at radius 1 is 1.04 bits per heavy atom. The van der Waals surface area contributed by atoms with Gasteiger partial charge in [0.05, 0.1) is 10.0 Å². The highest BCUT2D eigenvalue weighted by atomic mass is 35.5. The summed E-state index contributed by atoms with van der Waals surface area (Å²) < 4.78 is 0. The zero-order valence-electron chi connectivity index (χ0n) is 14.8. The number of likely N-dealkylation sites (N-methyl/N-ethyl adjacent to an activating group) is 1. The number of benzene rings is 2. The Hall–Kier alpha value is -1.75. The van der Waals surface area contributed by atoms with Crippen molar-refractivity contribution in [2.24, 2.45) is 0 Å². The van der Waals surface area contributed by atoms with E-state index in [0.29, 0.717) is 28.6 Å². The molecule has 26 heavy (non-hydrogen) atoms. The molecular weight excluding hydrogens is 369 g/mol. The number of para-hydroxylation sites is 1. The van der Waals surface area contributed by atoms with Gasteiger partial charge in [0.2, 0.25) is 5.91 Å². The molecule has 1 saturated heterocycles. The predicted octanol–water partition coefficient (Wildman–Crippen LogP) is 4.32. The number of nitrogens with one attached hydrogen (secondary N) is 1. The molecular formula is C20H23Cl2N3O. The van der Waals surface area contributed by atoms with E-state index in [1.807, 2.05) is 6.07 Å². The maximum atomic E-state index is 12.3. The van der Waals surface area contributed by atoms with E-state index in [2.05, 4.69) is 40.4 Å². The van der Waals surface area contributed by atoms with Gasteiger partial charge in [0.1, 0.15) is 0 Å². The molecule has 1 heterocycles. The summed E-state index contributed by atoms with van der Waals surface area (Å²) in [4.78, 5) is 17.1. The molecule has 1 aliphatic rings. The smallest absolute Gasteiger partial charge is 0.224 e. The van der Waals surface area contributed by atoms with Gasteiger partial charge in [0.15, 0.2) is 0 Å². The highest BCUT2D eigenvalue weighted by molar-refractivity contribution is 6.42. The fourth-order valence-electron chi connectivity index (χ4n) is 3.12. The molecule has 0 aliphatic carbocycles. The number of hydrogen-bond donors (Lipinski definition) is 1. The quantitative estimate of drug-likeness (QED) is 0.824. The first-order valence-electron chi connectivity index (χ1n) is 8.79. The first kappa shape index (κ1) is 19.0. The van der Waals surface area contributed by atoms with Crippen molar-refractivity contribution in [2.75, 3.05) is 43.4 Å². The molecule has 138 valence electrons. The van der Waals surface area contributed by atoms with Gasteiger partial charge in [-0.2, -0.15) is 0 Å². The van der Waals surface area contributed by atoms with Crippen LogP contribution in [0.25, 0.3) is 0 Å². The Balaban J connectivity index is 1.60. The van der Waals surface area contributed by atoms with E-state index in [0.717, 1.165) is 26.2 Å². The highest BCUT2D eigenvalue weighted by Crippen LogP contribution is 2.26. The lowest BCUT2D eigenvalue weighted by atomic mass is 10.1. The number of halogens is 2. The molecule has 1 N–H and O–H groups in total. The van der Waals surface area contributed by atoms with Gasteiger partial charge < -0.3 is 15.1 Å². The fraction of sp³-hybridized carbons (Fsp3) is 0.350. The molecule has 1 amide bonds. The number of amides is 1. The summed E-state index contributed by atoms with van der Waals surface area (Å²) in [6.45, 7) is 4.16. The second-order valence-corrected chi connectivity index (χ2v) is 7.41. The van der Waals surface area contributed by atoms with Gasteiger partial charge in [0.25, 0.3) is 0 Å². The topological polar surface area (TPSA) is 35.6 Å². The van der Waals surface area contributed by atoms with Crippen LogP contribution in [0.15, 0.2) is 42.5 Å². The minimum Gasteiger partial charge on any atom is -0.369 e. The SMILES string of the molecule is CN1CCN(c2ccccc2CCC(=O)Nc2ccc(Cl)c(Cl)c2)CC1. The van der Waals surface area contributed by atoms with Crippen LogP contribution in [0.4, 0.5) is 11.4 Å². The summed E-state index contributed by atoms with van der Waals surface area (Å²) in [5, 5.41) is 3.80. The van der Waals surface area contributed by atoms with Crippen molar-refractivity contribution >= 4 is 40.5 Å². The van der Waals surface area contributed by atoms with Crippen molar-refractivity contribution in [1.82, 2.24) is 4.90 Å². The van der Waals surface area contributed by atoms with Crippen molar-refractivity contribution < 1.29 is 4.79 Å². The monoisotopic (exact) mass is 391 g/mol. The molecule has 0 unspecified atom stereocenters. The van der Waals surface area contributed by atoms with Crippen molar-refractivity contribution in [3.63, 3.8) is 0 Å². The maximum Gasteiger partial charge on any atom is 0.224 e. The Kier molecular flexibility index (Phi) is 6.41. The van der Waals surface area contributed by atoms with Crippen LogP contribution in [-0.2, 0) is 11.2 Å². The lowest BCUT2D eigenvalue weighted by Gasteiger charge is -2.35. The largest absolute Gasteiger partial charge is 0.369 e. The van der Waals surface area contributed by atoms with E-state index in [1.165, 1.54) is 11.3 Å². The third kappa shape index (κ3) is 4.91. The van der Waals surface area contributed by atoms with Crippen molar-refractivity contribution in [3.05, 3.63) is 58.1 Å². The van der Waals surface area contributed by atoms with Crippen LogP contribution in [0.2, 0.25) is 10.0 Å². The molecule has 1 aliphatic heterocycles. The van der Waals surface area contributed by atoms with Gasteiger partial charge in [0, 0.05) is 44.0 Å². The molecule has 0 bridgehead atoms. The van der Waals surface area contributed by atoms with E-state index in [1.54, 1.807) is 18.2 Å². The van der Waals surface area contributed by atoms with Crippen molar-refractivity contribution in [2.45, 2.75) is 12.8 Å². The van der Waals surface area contributed by atoms with E-state index in [-0.39, 0.29) is 5.91 Å². The van der Waals surface area contributed by atoms with Gasteiger partial charge in [-0.1, -0.05) is 41.4 Å². The number of rotatable bonds is 5. The lowest BCUT2D eigenvalue weighted by Crippen LogP contribution is -2.44. The minimum atomic E-state index is -0.0310. The number of anilines is 2. The summed E-state index contributed by atoms with van der Waals surface area (Å²) >= 11 is 11.9. The van der Waals surface area contributed by atoms with Crippen molar-refractivity contribution in [3.8, 4) is 0 Å². The molecule has 6 heteroatoms. The highest BCUT2D eigenvalue weighted by Gasteiger charge is 2.17. The summed E-state index contributed by atoms with van der Waals surface area (Å²) in [6.07, 6.45) is 1.13. The van der Waals surface area contributed by atoms with Gasteiger partial charge >= 0.3 is 0 Å². The molecule has 0 aromatic heterocycles. The molecule has 1 fully saturated rings. The number of piperazine rings is 1. The van der Waals surface area contributed by atoms with Gasteiger partial charge in [-0.05, 0) is 43.3 Å². The normalized spacial score (nSPS) is 15.1. The molecule has 3 rings (SSSR count). The first-order chi connectivity index (χ1) is 12.5. The molecule has 0 saturated carbocycles. The van der Waals surface area contributed by atoms with Crippen LogP contribution < -0.4 is 10.2 Å². The maximum absolute atomic E-state index is 12.3. The van der Waals surface area contributed by atoms with Gasteiger partial charge in [-0.25, -0.2) is 0 Å². The van der Waals surface area contributed by atoms with E-state index >= 15 is 0 Å². The second kappa shape index (κ2) is 8.76. The van der Waals surface area contributed by atoms with Crippen molar-refractivity contribution in [1.29, 1.82) is 0 Å². The average Bonchev–Trinajstić information content (AvgIpc) is 2.64. The van der Waals surface area contributed by atoms with Gasteiger partial charge in [-0.3, -0.25) is 4.79 Å². The summed E-state index contributed by atoms with van der Waals surface area (Å²) in [7, 11) is 2.15. The minimum absolute atomic E-state index is 0.0310. The van der Waals surface area contributed by atoms with Crippen LogP contribution in [0.1, 0.15) is 12.0 Å². The second-order valence-electron chi connectivity index (χ2n) is 6.60. The number of nitrogens with zero attached hydrogens (tertiary/aromatic N) is 2. The van der Waals surface area contributed by atoms with Gasteiger partial charge in [-0.15, -0.1) is 0 Å².